The molecule has 2 aromatic rings. The Morgan fingerprint density at radius 2 is 1.82 bits per heavy atom. The Kier molecular flexibility index (Phi) is 9.32. The molecule has 0 aliphatic rings. The number of alkyl carbamates (subject to hydrolysis) is 1. The highest BCUT2D eigenvalue weighted by Crippen LogP contribution is 2.22. The Morgan fingerprint density at radius 3 is 2.45 bits per heavy atom. The molecule has 1 aromatic carbocycles. The summed E-state index contributed by atoms with van der Waals surface area (Å²) < 4.78 is 10.7. The number of carbonyl (C=O) groups is 2. The van der Waals surface area contributed by atoms with Gasteiger partial charge in [-0.2, -0.15) is 0 Å². The van der Waals surface area contributed by atoms with E-state index in [1.54, 1.807) is 6.07 Å². The average Bonchev–Trinajstić information content (AvgIpc) is 2.72. The summed E-state index contributed by atoms with van der Waals surface area (Å²) in [5, 5.41) is 6.28. The van der Waals surface area contributed by atoms with Crippen LogP contribution in [-0.2, 0) is 4.74 Å². The molecule has 0 aliphatic carbocycles. The van der Waals surface area contributed by atoms with E-state index in [0.29, 0.717) is 17.5 Å². The number of fused-ring (bicyclic) bond motifs is 1. The molecule has 2 rings (SSSR count). The number of hydrogen-bond donors (Lipinski definition) is 2. The molecule has 0 saturated heterocycles. The lowest BCUT2D eigenvalue weighted by atomic mass is 10.1. The largest absolute Gasteiger partial charge is 0.444 e. The first-order chi connectivity index (χ1) is 15.5. The van der Waals surface area contributed by atoms with Gasteiger partial charge in [0.2, 0.25) is 0 Å². The highest BCUT2D eigenvalue weighted by atomic mass is 16.6. The SMILES string of the molecule is CCN(CC)c1ccc2cc(C(=O)NCCCCC(C)NC(=O)OC(C)(C)C)c(=O)oc2c1. The summed E-state index contributed by atoms with van der Waals surface area (Å²) in [5.41, 5.74) is 0.262. The second kappa shape index (κ2) is 11.7. The van der Waals surface area contributed by atoms with Gasteiger partial charge >= 0.3 is 11.7 Å². The summed E-state index contributed by atoms with van der Waals surface area (Å²) >= 11 is 0. The summed E-state index contributed by atoms with van der Waals surface area (Å²) in [4.78, 5) is 38.8. The summed E-state index contributed by atoms with van der Waals surface area (Å²) in [5.74, 6) is -0.446. The van der Waals surface area contributed by atoms with E-state index >= 15 is 0 Å². The van der Waals surface area contributed by atoms with Gasteiger partial charge in [-0.3, -0.25) is 4.79 Å². The predicted octanol–water partition coefficient (Wildman–Crippen LogP) is 4.45. The van der Waals surface area contributed by atoms with Crippen molar-refractivity contribution in [1.29, 1.82) is 0 Å². The van der Waals surface area contributed by atoms with Gasteiger partial charge in [-0.1, -0.05) is 0 Å². The molecule has 8 nitrogen and oxygen atoms in total. The topological polar surface area (TPSA) is 101 Å². The number of hydrogen-bond acceptors (Lipinski definition) is 6. The van der Waals surface area contributed by atoms with E-state index in [1.807, 2.05) is 45.9 Å². The van der Waals surface area contributed by atoms with Crippen LogP contribution in [0.2, 0.25) is 0 Å². The molecule has 0 radical (unpaired) electrons. The number of amides is 2. The number of nitrogens with one attached hydrogen (secondary N) is 2. The molecule has 2 N–H and O–H groups in total. The number of nitrogens with zero attached hydrogens (tertiary/aromatic N) is 1. The second-order valence-electron chi connectivity index (χ2n) is 9.14. The van der Waals surface area contributed by atoms with Gasteiger partial charge in [0.15, 0.2) is 0 Å². The minimum Gasteiger partial charge on any atom is -0.444 e. The molecule has 0 bridgehead atoms. The number of benzene rings is 1. The molecule has 2 amide bonds. The van der Waals surface area contributed by atoms with Crippen molar-refractivity contribution in [1.82, 2.24) is 10.6 Å². The first-order valence-corrected chi connectivity index (χ1v) is 11.6. The first kappa shape index (κ1) is 26.2. The lowest BCUT2D eigenvalue weighted by molar-refractivity contribution is 0.0506. The molecule has 0 aliphatic heterocycles. The lowest BCUT2D eigenvalue weighted by Crippen LogP contribution is -2.37. The van der Waals surface area contributed by atoms with Crippen molar-refractivity contribution in [2.75, 3.05) is 24.5 Å². The molecule has 1 heterocycles. The minimum absolute atomic E-state index is 0.00181. The van der Waals surface area contributed by atoms with E-state index in [4.69, 9.17) is 9.15 Å². The highest BCUT2D eigenvalue weighted by Gasteiger charge is 2.18. The molecular weight excluding hydrogens is 422 g/mol. The van der Waals surface area contributed by atoms with Crippen molar-refractivity contribution in [2.24, 2.45) is 0 Å². The average molecular weight is 460 g/mol. The van der Waals surface area contributed by atoms with Crippen LogP contribution in [-0.4, -0.2) is 43.3 Å². The van der Waals surface area contributed by atoms with Crippen LogP contribution in [0.4, 0.5) is 10.5 Å². The predicted molar refractivity (Wildman–Crippen MR) is 131 cm³/mol. The zero-order valence-electron chi connectivity index (χ0n) is 20.6. The molecule has 1 aromatic heterocycles. The molecule has 8 heteroatoms. The Labute approximate surface area is 195 Å². The monoisotopic (exact) mass is 459 g/mol. The van der Waals surface area contributed by atoms with Crippen LogP contribution >= 0.6 is 0 Å². The van der Waals surface area contributed by atoms with E-state index in [0.717, 1.165) is 38.0 Å². The van der Waals surface area contributed by atoms with Crippen molar-refractivity contribution in [3.8, 4) is 0 Å². The zero-order chi connectivity index (χ0) is 24.6. The molecule has 1 atom stereocenters. The first-order valence-electron chi connectivity index (χ1n) is 11.6. The van der Waals surface area contributed by atoms with Gasteiger partial charge in [0.1, 0.15) is 16.7 Å². The summed E-state index contributed by atoms with van der Waals surface area (Å²) in [6, 6.07) is 7.20. The summed E-state index contributed by atoms with van der Waals surface area (Å²) in [6.45, 7) is 13.6. The summed E-state index contributed by atoms with van der Waals surface area (Å²) in [7, 11) is 0. The third kappa shape index (κ3) is 8.11. The van der Waals surface area contributed by atoms with Crippen molar-refractivity contribution < 1.29 is 18.7 Å². The zero-order valence-corrected chi connectivity index (χ0v) is 20.6. The maximum Gasteiger partial charge on any atom is 0.407 e. The quantitative estimate of drug-likeness (QED) is 0.402. The van der Waals surface area contributed by atoms with Crippen LogP contribution in [0.1, 0.15) is 71.2 Å². The van der Waals surface area contributed by atoms with Gasteiger partial charge in [0.25, 0.3) is 5.91 Å². The Bertz CT molecular complexity index is 1010. The van der Waals surface area contributed by atoms with E-state index < -0.39 is 23.2 Å². The van der Waals surface area contributed by atoms with Crippen molar-refractivity contribution in [2.45, 2.75) is 72.4 Å². The Balaban J connectivity index is 1.86. The molecule has 0 fully saturated rings. The maximum atomic E-state index is 12.5. The van der Waals surface area contributed by atoms with Crippen LogP contribution in [0.15, 0.2) is 33.5 Å². The number of anilines is 1. The van der Waals surface area contributed by atoms with Gasteiger partial charge < -0.3 is 24.7 Å². The smallest absolute Gasteiger partial charge is 0.407 e. The van der Waals surface area contributed by atoms with Crippen LogP contribution in [0.5, 0.6) is 0 Å². The Hall–Kier alpha value is -3.03. The van der Waals surface area contributed by atoms with Gasteiger partial charge in [-0.25, -0.2) is 9.59 Å². The Morgan fingerprint density at radius 1 is 1.12 bits per heavy atom. The molecule has 1 unspecified atom stereocenters. The standard InChI is InChI=1S/C25H37N3O5/c1-7-28(8-2)19-13-12-18-15-20(23(30)32-21(18)16-19)22(29)26-14-10-9-11-17(3)27-24(31)33-25(4,5)6/h12-13,15-17H,7-11,14H2,1-6H3,(H,26,29)(H,27,31). The van der Waals surface area contributed by atoms with E-state index in [-0.39, 0.29) is 11.6 Å². The van der Waals surface area contributed by atoms with Gasteiger partial charge in [0, 0.05) is 42.8 Å². The van der Waals surface area contributed by atoms with E-state index in [1.165, 1.54) is 0 Å². The number of unbranched alkanes of at least 4 members (excludes halogenated alkanes) is 1. The van der Waals surface area contributed by atoms with Crippen molar-refractivity contribution in [3.05, 3.63) is 40.2 Å². The molecular formula is C25H37N3O5. The van der Waals surface area contributed by atoms with Crippen LogP contribution in [0.25, 0.3) is 11.0 Å². The van der Waals surface area contributed by atoms with Crippen molar-refractivity contribution in [3.63, 3.8) is 0 Å². The lowest BCUT2D eigenvalue weighted by Gasteiger charge is -2.22. The molecule has 33 heavy (non-hydrogen) atoms. The minimum atomic E-state index is -0.646. The van der Waals surface area contributed by atoms with Crippen LogP contribution in [0.3, 0.4) is 0 Å². The highest BCUT2D eigenvalue weighted by molar-refractivity contribution is 5.96. The fraction of sp³-hybridized carbons (Fsp3) is 0.560. The fourth-order valence-corrected chi connectivity index (χ4v) is 3.50. The third-order valence-electron chi connectivity index (χ3n) is 5.21. The normalized spacial score (nSPS) is 12.3. The van der Waals surface area contributed by atoms with Gasteiger partial charge in [-0.05, 0) is 79.0 Å². The van der Waals surface area contributed by atoms with Crippen molar-refractivity contribution >= 4 is 28.7 Å². The molecule has 182 valence electrons. The van der Waals surface area contributed by atoms with Crippen LogP contribution in [0, 0.1) is 0 Å². The molecule has 0 spiro atoms. The number of rotatable bonds is 10. The third-order valence-corrected chi connectivity index (χ3v) is 5.21. The van der Waals surface area contributed by atoms with E-state index in [2.05, 4.69) is 29.4 Å². The van der Waals surface area contributed by atoms with E-state index in [9.17, 15) is 14.4 Å². The number of ether oxygens (including phenoxy) is 1. The van der Waals surface area contributed by atoms with Gasteiger partial charge in [0.05, 0.1) is 0 Å². The summed E-state index contributed by atoms with van der Waals surface area (Å²) in [6.07, 6.45) is 1.84. The fourth-order valence-electron chi connectivity index (χ4n) is 3.50. The maximum absolute atomic E-state index is 12.5. The molecule has 0 saturated carbocycles. The van der Waals surface area contributed by atoms with Gasteiger partial charge in [-0.15, -0.1) is 0 Å². The second-order valence-corrected chi connectivity index (χ2v) is 9.14. The van der Waals surface area contributed by atoms with Crippen LogP contribution < -0.4 is 21.2 Å². The number of carbonyl (C=O) groups excluding carboxylic acids is 2.